The number of azo groups is 1. The molecule has 0 N–H and O–H groups in total. The molecule has 4 heteroatoms. The molecule has 68 valence electrons. The number of unbranched alkanes of at least 4 members (excludes halogenated alkanes) is 2. The molecule has 0 amide bonds. The lowest BCUT2D eigenvalue weighted by Gasteiger charge is -1.90. The van der Waals surface area contributed by atoms with E-state index in [1.807, 2.05) is 0 Å². The minimum atomic E-state index is 0.855. The fourth-order valence-electron chi connectivity index (χ4n) is 0.927. The fourth-order valence-corrected chi connectivity index (χ4v) is 1.59. The van der Waals surface area contributed by atoms with Crippen LogP contribution in [0.2, 0.25) is 0 Å². The van der Waals surface area contributed by atoms with E-state index >= 15 is 0 Å². The lowest BCUT2D eigenvalue weighted by atomic mass is 10.3. The maximum Gasteiger partial charge on any atom is 0.204 e. The van der Waals surface area contributed by atoms with E-state index in [0.29, 0.717) is 0 Å². The average molecular weight is 185 g/mol. The Hall–Kier alpha value is -0.380. The van der Waals surface area contributed by atoms with Crippen LogP contribution < -0.4 is 0 Å². The van der Waals surface area contributed by atoms with Crippen molar-refractivity contribution in [2.75, 3.05) is 18.8 Å². The topological polar surface area (TPSA) is 37.1 Å². The first kappa shape index (κ1) is 9.71. The fraction of sp³-hybridized carbons (Fsp3) is 0.875. The molecule has 1 aliphatic heterocycles. The highest BCUT2D eigenvalue weighted by Crippen LogP contribution is 2.12. The van der Waals surface area contributed by atoms with Crippen molar-refractivity contribution in [2.24, 2.45) is 15.2 Å². The van der Waals surface area contributed by atoms with Gasteiger partial charge in [0.15, 0.2) is 0 Å². The van der Waals surface area contributed by atoms with E-state index in [2.05, 4.69) is 22.1 Å². The molecule has 1 rings (SSSR count). The molecule has 0 atom stereocenters. The second-order valence-corrected chi connectivity index (χ2v) is 3.75. The van der Waals surface area contributed by atoms with Gasteiger partial charge in [0.2, 0.25) is 5.17 Å². The first-order chi connectivity index (χ1) is 5.93. The molecule has 0 saturated heterocycles. The van der Waals surface area contributed by atoms with Crippen LogP contribution in [0.15, 0.2) is 15.2 Å². The quantitative estimate of drug-likeness (QED) is 0.490. The number of nitrogens with zero attached hydrogens (tertiary/aromatic N) is 3. The average Bonchev–Trinajstić information content (AvgIpc) is 2.57. The van der Waals surface area contributed by atoms with E-state index in [1.54, 1.807) is 11.8 Å². The molecule has 0 fully saturated rings. The van der Waals surface area contributed by atoms with E-state index in [0.717, 1.165) is 30.4 Å². The third kappa shape index (κ3) is 3.85. The van der Waals surface area contributed by atoms with Crippen molar-refractivity contribution < 1.29 is 0 Å². The van der Waals surface area contributed by atoms with Gasteiger partial charge in [0.1, 0.15) is 0 Å². The zero-order valence-electron chi connectivity index (χ0n) is 7.49. The van der Waals surface area contributed by atoms with Gasteiger partial charge in [-0.05, 0) is 6.42 Å². The lowest BCUT2D eigenvalue weighted by Crippen LogP contribution is -1.82. The monoisotopic (exact) mass is 185 g/mol. The standard InChI is InChI=1S/C8H15N3S/c1-2-3-4-5-10-11-8-9-6-7-12-8/h2-7H2,1H3. The highest BCUT2D eigenvalue weighted by atomic mass is 32.2. The Balaban J connectivity index is 2.05. The van der Waals surface area contributed by atoms with Crippen molar-refractivity contribution in [1.29, 1.82) is 0 Å². The number of hydrogen-bond acceptors (Lipinski definition) is 4. The van der Waals surface area contributed by atoms with Gasteiger partial charge in [-0.15, -0.1) is 5.11 Å². The van der Waals surface area contributed by atoms with Crippen LogP contribution in [0.3, 0.4) is 0 Å². The summed E-state index contributed by atoms with van der Waals surface area (Å²) in [7, 11) is 0. The molecule has 0 aromatic heterocycles. The van der Waals surface area contributed by atoms with Gasteiger partial charge in [0.05, 0.1) is 13.1 Å². The van der Waals surface area contributed by atoms with Gasteiger partial charge in [-0.1, -0.05) is 31.5 Å². The predicted octanol–water partition coefficient (Wildman–Crippen LogP) is 2.73. The second-order valence-electron chi connectivity index (χ2n) is 2.68. The molecule has 0 unspecified atom stereocenters. The third-order valence-electron chi connectivity index (χ3n) is 1.59. The first-order valence-electron chi connectivity index (χ1n) is 4.48. The summed E-state index contributed by atoms with van der Waals surface area (Å²) in [5.74, 6) is 1.07. The van der Waals surface area contributed by atoms with Crippen LogP contribution in [-0.4, -0.2) is 24.0 Å². The van der Waals surface area contributed by atoms with E-state index in [1.165, 1.54) is 12.8 Å². The van der Waals surface area contributed by atoms with Gasteiger partial charge in [0, 0.05) is 5.75 Å². The molecule has 12 heavy (non-hydrogen) atoms. The van der Waals surface area contributed by atoms with Gasteiger partial charge in [-0.3, -0.25) is 4.99 Å². The van der Waals surface area contributed by atoms with Gasteiger partial charge in [0.25, 0.3) is 0 Å². The number of hydrogen-bond donors (Lipinski definition) is 0. The van der Waals surface area contributed by atoms with E-state index in [4.69, 9.17) is 0 Å². The van der Waals surface area contributed by atoms with Crippen molar-refractivity contribution in [3.05, 3.63) is 0 Å². The Morgan fingerprint density at radius 1 is 1.50 bits per heavy atom. The van der Waals surface area contributed by atoms with Crippen LogP contribution in [0.1, 0.15) is 26.2 Å². The van der Waals surface area contributed by atoms with Crippen LogP contribution in [0.5, 0.6) is 0 Å². The number of thioether (sulfide) groups is 1. The summed E-state index contributed by atoms with van der Waals surface area (Å²) in [5, 5.41) is 8.96. The van der Waals surface area contributed by atoms with Crippen LogP contribution in [0, 0.1) is 0 Å². The summed E-state index contributed by atoms with van der Waals surface area (Å²) in [5.41, 5.74) is 0. The summed E-state index contributed by atoms with van der Waals surface area (Å²) < 4.78 is 0. The van der Waals surface area contributed by atoms with E-state index in [-0.39, 0.29) is 0 Å². The zero-order valence-corrected chi connectivity index (χ0v) is 8.31. The molecule has 3 nitrogen and oxygen atoms in total. The largest absolute Gasteiger partial charge is 0.258 e. The molecule has 1 aliphatic rings. The highest BCUT2D eigenvalue weighted by Gasteiger charge is 2.03. The minimum absolute atomic E-state index is 0.855. The summed E-state index contributed by atoms with van der Waals surface area (Å²) in [6.45, 7) is 3.95. The van der Waals surface area contributed by atoms with E-state index in [9.17, 15) is 0 Å². The maximum absolute atomic E-state index is 4.17. The molecule has 0 aromatic carbocycles. The molecule has 0 radical (unpaired) electrons. The smallest absolute Gasteiger partial charge is 0.204 e. The van der Waals surface area contributed by atoms with Crippen LogP contribution in [0.4, 0.5) is 0 Å². The van der Waals surface area contributed by atoms with Crippen molar-refractivity contribution >= 4 is 16.9 Å². The molecule has 0 bridgehead atoms. The summed E-state index contributed by atoms with van der Waals surface area (Å²) in [6.07, 6.45) is 3.64. The zero-order chi connectivity index (χ0) is 8.65. The molecule has 0 aromatic rings. The third-order valence-corrected chi connectivity index (χ3v) is 2.44. The molecule has 1 heterocycles. The Kier molecular flexibility index (Phi) is 4.99. The Bertz CT molecular complexity index is 177. The molecule has 0 aliphatic carbocycles. The van der Waals surface area contributed by atoms with Gasteiger partial charge in [-0.2, -0.15) is 5.11 Å². The van der Waals surface area contributed by atoms with Crippen molar-refractivity contribution in [3.8, 4) is 0 Å². The SMILES string of the molecule is CCCCCN=NC1=NCCS1. The number of rotatable bonds is 4. The van der Waals surface area contributed by atoms with Crippen LogP contribution in [-0.2, 0) is 0 Å². The van der Waals surface area contributed by atoms with Crippen molar-refractivity contribution in [2.45, 2.75) is 26.2 Å². The Morgan fingerprint density at radius 2 is 2.42 bits per heavy atom. The molecular weight excluding hydrogens is 170 g/mol. The van der Waals surface area contributed by atoms with Crippen LogP contribution >= 0.6 is 11.8 Å². The van der Waals surface area contributed by atoms with Gasteiger partial charge < -0.3 is 0 Å². The first-order valence-corrected chi connectivity index (χ1v) is 5.47. The van der Waals surface area contributed by atoms with Crippen molar-refractivity contribution in [3.63, 3.8) is 0 Å². The maximum atomic E-state index is 4.17. The lowest BCUT2D eigenvalue weighted by molar-refractivity contribution is 0.715. The second kappa shape index (κ2) is 6.17. The highest BCUT2D eigenvalue weighted by molar-refractivity contribution is 8.14. The molecule has 0 saturated carbocycles. The van der Waals surface area contributed by atoms with Crippen molar-refractivity contribution in [1.82, 2.24) is 0 Å². The minimum Gasteiger partial charge on any atom is -0.258 e. The summed E-state index contributed by atoms with van der Waals surface area (Å²) in [6, 6.07) is 0. The normalized spacial score (nSPS) is 17.2. The van der Waals surface area contributed by atoms with E-state index < -0.39 is 0 Å². The molecular formula is C8H15N3S. The number of amidine groups is 1. The Morgan fingerprint density at radius 3 is 3.08 bits per heavy atom. The van der Waals surface area contributed by atoms with Crippen LogP contribution in [0.25, 0.3) is 0 Å². The summed E-state index contributed by atoms with van der Waals surface area (Å²) >= 11 is 1.70. The molecule has 0 spiro atoms. The predicted molar refractivity (Wildman–Crippen MR) is 54.0 cm³/mol. The van der Waals surface area contributed by atoms with Gasteiger partial charge >= 0.3 is 0 Å². The Labute approximate surface area is 77.8 Å². The summed E-state index contributed by atoms with van der Waals surface area (Å²) in [4.78, 5) is 4.17. The van der Waals surface area contributed by atoms with Gasteiger partial charge in [-0.25, -0.2) is 0 Å². The number of aliphatic imine (C=N–C) groups is 1.